The zero-order valence-electron chi connectivity index (χ0n) is 8.04. The summed E-state index contributed by atoms with van der Waals surface area (Å²) in [6, 6.07) is 0.545. The summed E-state index contributed by atoms with van der Waals surface area (Å²) in [6.45, 7) is 3.07. The molecule has 1 aliphatic carbocycles. The van der Waals surface area contributed by atoms with Gasteiger partial charge in [-0.15, -0.1) is 0 Å². The maximum absolute atomic E-state index is 11.1. The van der Waals surface area contributed by atoms with E-state index >= 15 is 0 Å². The van der Waals surface area contributed by atoms with Crippen molar-refractivity contribution in [2.75, 3.05) is 19.6 Å². The fraction of sp³-hybridized carbons (Fsp3) is 0.900. The molecule has 1 saturated carbocycles. The van der Waals surface area contributed by atoms with Crippen LogP contribution < -0.4 is 5.73 Å². The Morgan fingerprint density at radius 2 is 2.31 bits per heavy atom. The summed E-state index contributed by atoms with van der Waals surface area (Å²) < 4.78 is 0. The fourth-order valence-electron chi connectivity index (χ4n) is 2.49. The summed E-state index contributed by atoms with van der Waals surface area (Å²) in [5.74, 6) is 1.12. The lowest BCUT2D eigenvalue weighted by atomic mass is 10.1. The Labute approximate surface area is 79.3 Å². The molecule has 1 heterocycles. The monoisotopic (exact) mass is 182 g/mol. The lowest BCUT2D eigenvalue weighted by Crippen LogP contribution is -2.32. The number of ketones is 1. The molecule has 2 aliphatic rings. The van der Waals surface area contributed by atoms with Crippen molar-refractivity contribution in [2.24, 2.45) is 11.7 Å². The molecular formula is C10H18N2O. The highest BCUT2D eigenvalue weighted by Gasteiger charge is 2.32. The van der Waals surface area contributed by atoms with Gasteiger partial charge < -0.3 is 5.73 Å². The molecule has 2 N–H and O–H groups in total. The number of nitrogens with two attached hydrogens (primary N) is 1. The number of nitrogens with zero attached hydrogens (tertiary/aromatic N) is 1. The standard InChI is InChI=1S/C10H18N2O/c11-6-8-3-4-12(7-8)9-1-2-10(13)5-9/h8-9H,1-7,11H2. The normalized spacial score (nSPS) is 35.9. The molecule has 2 rings (SSSR count). The Morgan fingerprint density at radius 3 is 2.85 bits per heavy atom. The van der Waals surface area contributed by atoms with Crippen molar-refractivity contribution in [3.8, 4) is 0 Å². The number of hydrogen-bond donors (Lipinski definition) is 1. The predicted octanol–water partition coefficient (Wildman–Crippen LogP) is 0.389. The number of carbonyl (C=O) groups excluding carboxylic acids is 1. The van der Waals surface area contributed by atoms with Crippen LogP contribution in [0.3, 0.4) is 0 Å². The van der Waals surface area contributed by atoms with E-state index in [0.717, 1.165) is 38.9 Å². The second-order valence-corrected chi connectivity index (χ2v) is 4.32. The molecule has 2 atom stereocenters. The topological polar surface area (TPSA) is 46.3 Å². The van der Waals surface area contributed by atoms with E-state index in [2.05, 4.69) is 4.90 Å². The molecule has 0 amide bonds. The van der Waals surface area contributed by atoms with E-state index in [9.17, 15) is 4.79 Å². The van der Waals surface area contributed by atoms with Gasteiger partial charge in [0, 0.05) is 25.4 Å². The van der Waals surface area contributed by atoms with Gasteiger partial charge in [0.2, 0.25) is 0 Å². The Hall–Kier alpha value is -0.410. The highest BCUT2D eigenvalue weighted by Crippen LogP contribution is 2.26. The van der Waals surface area contributed by atoms with Crippen molar-refractivity contribution >= 4 is 5.78 Å². The smallest absolute Gasteiger partial charge is 0.134 e. The maximum Gasteiger partial charge on any atom is 0.134 e. The lowest BCUT2D eigenvalue weighted by Gasteiger charge is -2.22. The third-order valence-corrected chi connectivity index (χ3v) is 3.39. The molecule has 1 aliphatic heterocycles. The van der Waals surface area contributed by atoms with Crippen LogP contribution in [0.2, 0.25) is 0 Å². The summed E-state index contributed by atoms with van der Waals surface area (Å²) >= 11 is 0. The number of rotatable bonds is 2. The quantitative estimate of drug-likeness (QED) is 0.672. The van der Waals surface area contributed by atoms with E-state index in [1.807, 2.05) is 0 Å². The van der Waals surface area contributed by atoms with Crippen molar-refractivity contribution in [1.82, 2.24) is 4.90 Å². The molecule has 2 fully saturated rings. The Kier molecular flexibility index (Phi) is 2.65. The summed E-state index contributed by atoms with van der Waals surface area (Å²) in [5, 5.41) is 0. The molecule has 0 aromatic rings. The van der Waals surface area contributed by atoms with Gasteiger partial charge in [-0.3, -0.25) is 9.69 Å². The summed E-state index contributed by atoms with van der Waals surface area (Å²) in [7, 11) is 0. The summed E-state index contributed by atoms with van der Waals surface area (Å²) in [4.78, 5) is 13.6. The van der Waals surface area contributed by atoms with Crippen LogP contribution in [0.25, 0.3) is 0 Å². The minimum Gasteiger partial charge on any atom is -0.330 e. The number of hydrogen-bond acceptors (Lipinski definition) is 3. The third-order valence-electron chi connectivity index (χ3n) is 3.39. The highest BCUT2D eigenvalue weighted by atomic mass is 16.1. The van der Waals surface area contributed by atoms with E-state index in [4.69, 9.17) is 5.73 Å². The van der Waals surface area contributed by atoms with Crippen molar-refractivity contribution < 1.29 is 4.79 Å². The molecule has 0 bridgehead atoms. The first-order valence-electron chi connectivity index (χ1n) is 5.25. The van der Waals surface area contributed by atoms with Crippen molar-refractivity contribution in [3.63, 3.8) is 0 Å². The van der Waals surface area contributed by atoms with Crippen LogP contribution in [0, 0.1) is 5.92 Å². The van der Waals surface area contributed by atoms with Crippen LogP contribution in [-0.4, -0.2) is 36.4 Å². The largest absolute Gasteiger partial charge is 0.330 e. The van der Waals surface area contributed by atoms with Crippen LogP contribution >= 0.6 is 0 Å². The first kappa shape index (κ1) is 9.16. The van der Waals surface area contributed by atoms with Gasteiger partial charge in [-0.1, -0.05) is 0 Å². The SMILES string of the molecule is NCC1CCN(C2CCC(=O)C2)C1. The molecule has 0 radical (unpaired) electrons. The van der Waals surface area contributed by atoms with Gasteiger partial charge >= 0.3 is 0 Å². The lowest BCUT2D eigenvalue weighted by molar-refractivity contribution is -0.117. The third kappa shape index (κ3) is 1.92. The van der Waals surface area contributed by atoms with Gasteiger partial charge in [0.05, 0.1) is 0 Å². The Bertz CT molecular complexity index is 205. The van der Waals surface area contributed by atoms with E-state index in [1.54, 1.807) is 0 Å². The predicted molar refractivity (Wildman–Crippen MR) is 51.4 cm³/mol. The van der Waals surface area contributed by atoms with Gasteiger partial charge in [-0.05, 0) is 31.8 Å². The van der Waals surface area contributed by atoms with Crippen molar-refractivity contribution in [2.45, 2.75) is 31.7 Å². The molecule has 13 heavy (non-hydrogen) atoms. The molecule has 0 aromatic heterocycles. The van der Waals surface area contributed by atoms with Gasteiger partial charge in [-0.25, -0.2) is 0 Å². The molecule has 0 spiro atoms. The second kappa shape index (κ2) is 3.76. The maximum atomic E-state index is 11.1. The number of Topliss-reactive ketones (excluding diaryl/α,β-unsaturated/α-hetero) is 1. The average Bonchev–Trinajstić information content (AvgIpc) is 2.71. The summed E-state index contributed by atoms with van der Waals surface area (Å²) in [5.41, 5.74) is 5.63. The molecular weight excluding hydrogens is 164 g/mol. The van der Waals surface area contributed by atoms with Crippen LogP contribution in [0.1, 0.15) is 25.7 Å². The second-order valence-electron chi connectivity index (χ2n) is 4.32. The number of carbonyl (C=O) groups is 1. The van der Waals surface area contributed by atoms with Crippen molar-refractivity contribution in [1.29, 1.82) is 0 Å². The van der Waals surface area contributed by atoms with E-state index < -0.39 is 0 Å². The van der Waals surface area contributed by atoms with Gasteiger partial charge in [0.15, 0.2) is 0 Å². The zero-order chi connectivity index (χ0) is 9.26. The van der Waals surface area contributed by atoms with Crippen LogP contribution in [0.15, 0.2) is 0 Å². The molecule has 74 valence electrons. The molecule has 2 unspecified atom stereocenters. The van der Waals surface area contributed by atoms with E-state index in [1.165, 1.54) is 6.42 Å². The minimum absolute atomic E-state index is 0.446. The van der Waals surface area contributed by atoms with Crippen molar-refractivity contribution in [3.05, 3.63) is 0 Å². The Balaban J connectivity index is 1.85. The van der Waals surface area contributed by atoms with E-state index in [0.29, 0.717) is 17.7 Å². The molecule has 3 nitrogen and oxygen atoms in total. The fourth-order valence-corrected chi connectivity index (χ4v) is 2.49. The average molecular weight is 182 g/mol. The molecule has 0 aromatic carbocycles. The van der Waals surface area contributed by atoms with Gasteiger partial charge in [-0.2, -0.15) is 0 Å². The molecule has 3 heteroatoms. The number of likely N-dealkylation sites (tertiary alicyclic amines) is 1. The van der Waals surface area contributed by atoms with Gasteiger partial charge in [0.25, 0.3) is 0 Å². The zero-order valence-corrected chi connectivity index (χ0v) is 8.04. The molecule has 1 saturated heterocycles. The highest BCUT2D eigenvalue weighted by molar-refractivity contribution is 5.81. The summed E-state index contributed by atoms with van der Waals surface area (Å²) in [6.07, 6.45) is 3.89. The van der Waals surface area contributed by atoms with E-state index in [-0.39, 0.29) is 0 Å². The first-order valence-corrected chi connectivity index (χ1v) is 5.25. The van der Waals surface area contributed by atoms with Gasteiger partial charge in [0.1, 0.15) is 5.78 Å². The van der Waals surface area contributed by atoms with Crippen LogP contribution in [0.4, 0.5) is 0 Å². The Morgan fingerprint density at radius 1 is 1.46 bits per heavy atom. The van der Waals surface area contributed by atoms with Crippen LogP contribution in [-0.2, 0) is 4.79 Å². The first-order chi connectivity index (χ1) is 6.29. The van der Waals surface area contributed by atoms with Crippen LogP contribution in [0.5, 0.6) is 0 Å². The minimum atomic E-state index is 0.446.